The van der Waals surface area contributed by atoms with Crippen molar-refractivity contribution in [1.82, 2.24) is 14.9 Å². The fourth-order valence-corrected chi connectivity index (χ4v) is 3.72. The van der Waals surface area contributed by atoms with Crippen molar-refractivity contribution in [3.63, 3.8) is 0 Å². The van der Waals surface area contributed by atoms with Crippen molar-refractivity contribution < 1.29 is 13.2 Å². The highest BCUT2D eigenvalue weighted by atomic mass is 32.2. The van der Waals surface area contributed by atoms with Crippen LogP contribution >= 0.6 is 0 Å². The van der Waals surface area contributed by atoms with E-state index in [0.717, 1.165) is 0 Å². The third kappa shape index (κ3) is 3.00. The van der Waals surface area contributed by atoms with E-state index in [1.807, 2.05) is 6.92 Å². The minimum atomic E-state index is -3.48. The second-order valence-electron chi connectivity index (χ2n) is 4.82. The smallest absolute Gasteiger partial charge is 0.251 e. The molecule has 0 saturated carbocycles. The van der Waals surface area contributed by atoms with Crippen LogP contribution in [0.4, 0.5) is 0 Å². The highest BCUT2D eigenvalue weighted by Gasteiger charge is 2.28. The summed E-state index contributed by atoms with van der Waals surface area (Å²) in [6, 6.07) is 6.15. The maximum atomic E-state index is 12.5. The van der Waals surface area contributed by atoms with E-state index >= 15 is 0 Å². The van der Waals surface area contributed by atoms with Gasteiger partial charge in [-0.3, -0.25) is 4.79 Å². The number of carbonyl (C=O) groups excluding carboxylic acids is 1. The van der Waals surface area contributed by atoms with Crippen molar-refractivity contribution in [2.75, 3.05) is 26.7 Å². The summed E-state index contributed by atoms with van der Waals surface area (Å²) in [5.41, 5.74) is 0.445. The van der Waals surface area contributed by atoms with Gasteiger partial charge < -0.3 is 10.6 Å². The molecule has 1 aromatic rings. The van der Waals surface area contributed by atoms with Gasteiger partial charge in [0.05, 0.1) is 4.90 Å². The fraction of sp³-hybridized carbons (Fsp3) is 0.462. The Balaban J connectivity index is 2.23. The molecule has 0 spiro atoms. The van der Waals surface area contributed by atoms with Crippen LogP contribution in [-0.2, 0) is 10.0 Å². The van der Waals surface area contributed by atoms with Crippen LogP contribution in [0.25, 0.3) is 0 Å². The topological polar surface area (TPSA) is 78.5 Å². The SMILES string of the molecule is CNC(=O)c1ccc(S(=O)(=O)N2CCNC(C)C2)cc1. The molecule has 110 valence electrons. The van der Waals surface area contributed by atoms with Crippen molar-refractivity contribution in [2.45, 2.75) is 17.9 Å². The van der Waals surface area contributed by atoms with Crippen LogP contribution in [0.3, 0.4) is 0 Å². The molecule has 0 aromatic heterocycles. The largest absolute Gasteiger partial charge is 0.355 e. The van der Waals surface area contributed by atoms with Gasteiger partial charge in [0.1, 0.15) is 0 Å². The molecular weight excluding hydrogens is 278 g/mol. The molecular formula is C13H19N3O3S. The lowest BCUT2D eigenvalue weighted by molar-refractivity contribution is 0.0963. The normalized spacial score (nSPS) is 20.6. The van der Waals surface area contributed by atoms with Crippen molar-refractivity contribution in [3.8, 4) is 0 Å². The lowest BCUT2D eigenvalue weighted by atomic mass is 10.2. The van der Waals surface area contributed by atoms with Crippen LogP contribution in [-0.4, -0.2) is 51.4 Å². The predicted octanol–water partition coefficient (Wildman–Crippen LogP) is 0.0286. The van der Waals surface area contributed by atoms with Gasteiger partial charge in [0.15, 0.2) is 0 Å². The van der Waals surface area contributed by atoms with Crippen LogP contribution in [0.2, 0.25) is 0 Å². The van der Waals surface area contributed by atoms with Crippen LogP contribution < -0.4 is 10.6 Å². The summed E-state index contributed by atoms with van der Waals surface area (Å²) in [5.74, 6) is -0.232. The van der Waals surface area contributed by atoms with E-state index in [-0.39, 0.29) is 16.8 Å². The number of hydrogen-bond donors (Lipinski definition) is 2. The number of nitrogens with zero attached hydrogens (tertiary/aromatic N) is 1. The van der Waals surface area contributed by atoms with Crippen molar-refractivity contribution in [3.05, 3.63) is 29.8 Å². The first-order valence-corrected chi connectivity index (χ1v) is 7.95. The Hall–Kier alpha value is -1.44. The molecule has 1 amide bonds. The van der Waals surface area contributed by atoms with Gasteiger partial charge in [0, 0.05) is 38.3 Å². The molecule has 2 rings (SSSR count). The van der Waals surface area contributed by atoms with E-state index in [9.17, 15) is 13.2 Å². The van der Waals surface area contributed by atoms with Crippen molar-refractivity contribution in [2.24, 2.45) is 0 Å². The zero-order valence-corrected chi connectivity index (χ0v) is 12.4. The number of nitrogens with one attached hydrogen (secondary N) is 2. The highest BCUT2D eigenvalue weighted by molar-refractivity contribution is 7.89. The summed E-state index contributed by atoms with van der Waals surface area (Å²) < 4.78 is 26.4. The second kappa shape index (κ2) is 5.90. The Morgan fingerprint density at radius 3 is 2.55 bits per heavy atom. The highest BCUT2D eigenvalue weighted by Crippen LogP contribution is 2.18. The minimum Gasteiger partial charge on any atom is -0.355 e. The van der Waals surface area contributed by atoms with Gasteiger partial charge in [-0.1, -0.05) is 0 Å². The molecule has 1 saturated heterocycles. The third-order valence-corrected chi connectivity index (χ3v) is 5.19. The molecule has 20 heavy (non-hydrogen) atoms. The monoisotopic (exact) mass is 297 g/mol. The quantitative estimate of drug-likeness (QED) is 0.825. The molecule has 0 aliphatic carbocycles. The summed E-state index contributed by atoms with van der Waals surface area (Å²) in [7, 11) is -1.95. The van der Waals surface area contributed by atoms with Gasteiger partial charge in [0.25, 0.3) is 5.91 Å². The zero-order chi connectivity index (χ0) is 14.8. The first-order chi connectivity index (χ1) is 9.45. The molecule has 6 nitrogen and oxygen atoms in total. The Labute approximate surface area is 119 Å². The van der Waals surface area contributed by atoms with E-state index in [0.29, 0.717) is 25.2 Å². The van der Waals surface area contributed by atoms with E-state index in [1.165, 1.54) is 35.6 Å². The summed E-state index contributed by atoms with van der Waals surface area (Å²) in [6.45, 7) is 3.52. The standard InChI is InChI=1S/C13H19N3O3S/c1-10-9-16(8-7-15-10)20(18,19)12-5-3-11(4-6-12)13(17)14-2/h3-6,10,15H,7-9H2,1-2H3,(H,14,17). The molecule has 0 radical (unpaired) electrons. The lowest BCUT2D eigenvalue weighted by Crippen LogP contribution is -2.51. The van der Waals surface area contributed by atoms with Gasteiger partial charge >= 0.3 is 0 Å². The Bertz CT molecular complexity index is 583. The number of sulfonamides is 1. The maximum absolute atomic E-state index is 12.5. The van der Waals surface area contributed by atoms with E-state index in [4.69, 9.17) is 0 Å². The first-order valence-electron chi connectivity index (χ1n) is 6.51. The molecule has 1 fully saturated rings. The number of rotatable bonds is 3. The Morgan fingerprint density at radius 2 is 2.00 bits per heavy atom. The van der Waals surface area contributed by atoms with Gasteiger partial charge in [-0.15, -0.1) is 0 Å². The Kier molecular flexibility index (Phi) is 4.42. The van der Waals surface area contributed by atoms with Crippen molar-refractivity contribution >= 4 is 15.9 Å². The number of benzene rings is 1. The van der Waals surface area contributed by atoms with Crippen LogP contribution in [0.15, 0.2) is 29.2 Å². The fourth-order valence-electron chi connectivity index (χ4n) is 2.19. The summed E-state index contributed by atoms with van der Waals surface area (Å²) in [5, 5.41) is 5.71. The molecule has 1 atom stereocenters. The summed E-state index contributed by atoms with van der Waals surface area (Å²) in [4.78, 5) is 11.7. The second-order valence-corrected chi connectivity index (χ2v) is 6.76. The van der Waals surface area contributed by atoms with Crippen molar-refractivity contribution in [1.29, 1.82) is 0 Å². The molecule has 1 aliphatic rings. The number of amides is 1. The molecule has 7 heteroatoms. The molecule has 1 unspecified atom stereocenters. The summed E-state index contributed by atoms with van der Waals surface area (Å²) >= 11 is 0. The number of carbonyl (C=O) groups is 1. The zero-order valence-electron chi connectivity index (χ0n) is 11.6. The average Bonchev–Trinajstić information content (AvgIpc) is 2.46. The average molecular weight is 297 g/mol. The molecule has 1 aromatic carbocycles. The number of hydrogen-bond acceptors (Lipinski definition) is 4. The van der Waals surface area contributed by atoms with Gasteiger partial charge in [-0.05, 0) is 31.2 Å². The predicted molar refractivity (Wildman–Crippen MR) is 76.1 cm³/mol. The van der Waals surface area contributed by atoms with Crippen LogP contribution in [0.1, 0.15) is 17.3 Å². The number of piperazine rings is 1. The molecule has 2 N–H and O–H groups in total. The Morgan fingerprint density at radius 1 is 1.35 bits per heavy atom. The first kappa shape index (κ1) is 15.0. The summed E-state index contributed by atoms with van der Waals surface area (Å²) in [6.07, 6.45) is 0. The van der Waals surface area contributed by atoms with Gasteiger partial charge in [-0.2, -0.15) is 4.31 Å². The molecule has 0 bridgehead atoms. The van der Waals surface area contributed by atoms with Crippen LogP contribution in [0.5, 0.6) is 0 Å². The van der Waals surface area contributed by atoms with Gasteiger partial charge in [0.2, 0.25) is 10.0 Å². The van der Waals surface area contributed by atoms with E-state index < -0.39 is 10.0 Å². The third-order valence-electron chi connectivity index (χ3n) is 3.31. The van der Waals surface area contributed by atoms with Gasteiger partial charge in [-0.25, -0.2) is 8.42 Å². The molecule has 1 heterocycles. The van der Waals surface area contributed by atoms with Crippen LogP contribution in [0, 0.1) is 0 Å². The molecule has 1 aliphatic heterocycles. The maximum Gasteiger partial charge on any atom is 0.251 e. The minimum absolute atomic E-state index is 0.142. The van der Waals surface area contributed by atoms with E-state index in [1.54, 1.807) is 0 Å². The lowest BCUT2D eigenvalue weighted by Gasteiger charge is -2.31. The van der Waals surface area contributed by atoms with E-state index in [2.05, 4.69) is 10.6 Å².